The fourth-order valence-corrected chi connectivity index (χ4v) is 3.41. The molecule has 0 radical (unpaired) electrons. The fraction of sp³-hybridized carbons (Fsp3) is 0.208. The van der Waals surface area contributed by atoms with Crippen LogP contribution in [0.1, 0.15) is 27.6 Å². The van der Waals surface area contributed by atoms with E-state index in [1.165, 1.54) is 7.11 Å². The molecule has 0 spiro atoms. The standard InChI is InChI=1S/C24H24ClNO4/c1-30-23-14-18(9-10-21(23)24(28)29)17-7-5-16(6-8-17)11-12-26-15-22(27)19-3-2-4-20(25)13-19/h2-10,13-14,22,26-27H,11-12,15H2,1H3,(H,28,29)/t22-/m1/s1. The molecule has 0 aromatic heterocycles. The van der Waals surface area contributed by atoms with Gasteiger partial charge in [-0.15, -0.1) is 0 Å². The van der Waals surface area contributed by atoms with Gasteiger partial charge in [0.2, 0.25) is 0 Å². The summed E-state index contributed by atoms with van der Waals surface area (Å²) in [6.07, 6.45) is 0.221. The third kappa shape index (κ3) is 5.60. The molecule has 0 bridgehead atoms. The molecule has 0 saturated carbocycles. The molecule has 0 amide bonds. The Kier molecular flexibility index (Phi) is 7.46. The van der Waals surface area contributed by atoms with Crippen LogP contribution in [0.3, 0.4) is 0 Å². The molecule has 1 atom stereocenters. The van der Waals surface area contributed by atoms with E-state index < -0.39 is 12.1 Å². The van der Waals surface area contributed by atoms with E-state index in [1.807, 2.05) is 36.4 Å². The Morgan fingerprint density at radius 1 is 1.07 bits per heavy atom. The number of hydrogen-bond acceptors (Lipinski definition) is 4. The van der Waals surface area contributed by atoms with Crippen LogP contribution in [0.25, 0.3) is 11.1 Å². The SMILES string of the molecule is COc1cc(-c2ccc(CCNC[C@@H](O)c3cccc(Cl)c3)cc2)ccc1C(=O)O. The Morgan fingerprint density at radius 3 is 2.47 bits per heavy atom. The van der Waals surface area contributed by atoms with Gasteiger partial charge >= 0.3 is 5.97 Å². The Balaban J connectivity index is 1.54. The van der Waals surface area contributed by atoms with Gasteiger partial charge < -0.3 is 20.3 Å². The molecule has 3 aromatic carbocycles. The van der Waals surface area contributed by atoms with Crippen molar-refractivity contribution in [2.75, 3.05) is 20.2 Å². The summed E-state index contributed by atoms with van der Waals surface area (Å²) in [5.74, 6) is -0.673. The number of halogens is 1. The van der Waals surface area contributed by atoms with Gasteiger partial charge in [-0.1, -0.05) is 54.1 Å². The zero-order valence-electron chi connectivity index (χ0n) is 16.6. The summed E-state index contributed by atoms with van der Waals surface area (Å²) in [7, 11) is 1.46. The van der Waals surface area contributed by atoms with E-state index in [0.717, 1.165) is 35.2 Å². The lowest BCUT2D eigenvalue weighted by Gasteiger charge is -2.13. The van der Waals surface area contributed by atoms with Crippen LogP contribution in [0.15, 0.2) is 66.7 Å². The first-order valence-corrected chi connectivity index (χ1v) is 10.0. The molecule has 0 aliphatic carbocycles. The topological polar surface area (TPSA) is 78.8 Å². The van der Waals surface area contributed by atoms with E-state index in [4.69, 9.17) is 16.3 Å². The van der Waals surface area contributed by atoms with Crippen LogP contribution in [0.2, 0.25) is 5.02 Å². The van der Waals surface area contributed by atoms with Crippen molar-refractivity contribution in [3.05, 3.63) is 88.4 Å². The van der Waals surface area contributed by atoms with Gasteiger partial charge in [-0.05, 0) is 59.5 Å². The molecule has 0 heterocycles. The van der Waals surface area contributed by atoms with Crippen LogP contribution in [-0.4, -0.2) is 36.4 Å². The summed E-state index contributed by atoms with van der Waals surface area (Å²) in [6, 6.07) is 20.4. The first kappa shape index (κ1) is 21.8. The number of methoxy groups -OCH3 is 1. The summed E-state index contributed by atoms with van der Waals surface area (Å²) in [6.45, 7) is 1.19. The lowest BCUT2D eigenvalue weighted by Crippen LogP contribution is -2.23. The maximum absolute atomic E-state index is 11.2. The monoisotopic (exact) mass is 425 g/mol. The minimum atomic E-state index is -1.01. The first-order chi connectivity index (χ1) is 14.5. The molecule has 0 fully saturated rings. The number of aliphatic hydroxyl groups excluding tert-OH is 1. The fourth-order valence-electron chi connectivity index (χ4n) is 3.21. The van der Waals surface area contributed by atoms with Crippen molar-refractivity contribution in [3.8, 4) is 16.9 Å². The van der Waals surface area contributed by atoms with Gasteiger partial charge in [0.15, 0.2) is 0 Å². The lowest BCUT2D eigenvalue weighted by molar-refractivity contribution is 0.0693. The van der Waals surface area contributed by atoms with Gasteiger partial charge in [0.05, 0.1) is 13.2 Å². The number of rotatable bonds is 9. The lowest BCUT2D eigenvalue weighted by atomic mass is 10.0. The van der Waals surface area contributed by atoms with E-state index in [9.17, 15) is 15.0 Å². The van der Waals surface area contributed by atoms with Crippen molar-refractivity contribution < 1.29 is 19.7 Å². The predicted molar refractivity (Wildman–Crippen MR) is 118 cm³/mol. The molecule has 3 rings (SSSR count). The summed E-state index contributed by atoms with van der Waals surface area (Å²) in [4.78, 5) is 11.2. The summed E-state index contributed by atoms with van der Waals surface area (Å²) in [5, 5.41) is 23.3. The highest BCUT2D eigenvalue weighted by molar-refractivity contribution is 6.30. The van der Waals surface area contributed by atoms with Crippen LogP contribution in [0, 0.1) is 0 Å². The molecule has 0 saturated heterocycles. The normalized spacial score (nSPS) is 11.8. The molecular weight excluding hydrogens is 402 g/mol. The average molecular weight is 426 g/mol. The summed E-state index contributed by atoms with van der Waals surface area (Å²) < 4.78 is 5.20. The van der Waals surface area contributed by atoms with Crippen LogP contribution in [0.4, 0.5) is 0 Å². The summed E-state index contributed by atoms with van der Waals surface area (Å²) >= 11 is 5.96. The third-order valence-electron chi connectivity index (χ3n) is 4.88. The number of ether oxygens (including phenoxy) is 1. The number of carbonyl (C=O) groups is 1. The first-order valence-electron chi connectivity index (χ1n) is 9.63. The second-order valence-electron chi connectivity index (χ2n) is 6.94. The van der Waals surface area contributed by atoms with Gasteiger partial charge in [0, 0.05) is 11.6 Å². The molecule has 30 heavy (non-hydrogen) atoms. The molecule has 3 N–H and O–H groups in total. The second kappa shape index (κ2) is 10.3. The number of aliphatic hydroxyl groups is 1. The highest BCUT2D eigenvalue weighted by atomic mass is 35.5. The van der Waals surface area contributed by atoms with Gasteiger partial charge in [-0.3, -0.25) is 0 Å². The number of nitrogens with one attached hydrogen (secondary N) is 1. The largest absolute Gasteiger partial charge is 0.496 e. The van der Waals surface area contributed by atoms with E-state index in [1.54, 1.807) is 30.3 Å². The number of carboxylic acids is 1. The Labute approximate surface area is 180 Å². The Hall–Kier alpha value is -2.86. The van der Waals surface area contributed by atoms with E-state index in [2.05, 4.69) is 5.32 Å². The molecule has 156 valence electrons. The second-order valence-corrected chi connectivity index (χ2v) is 7.38. The van der Waals surface area contributed by atoms with Crippen molar-refractivity contribution in [1.82, 2.24) is 5.32 Å². The van der Waals surface area contributed by atoms with Gasteiger partial charge in [-0.25, -0.2) is 4.79 Å². The van der Waals surface area contributed by atoms with Crippen molar-refractivity contribution in [1.29, 1.82) is 0 Å². The minimum absolute atomic E-state index is 0.143. The van der Waals surface area contributed by atoms with Crippen LogP contribution < -0.4 is 10.1 Å². The zero-order chi connectivity index (χ0) is 21.5. The minimum Gasteiger partial charge on any atom is -0.496 e. The maximum atomic E-state index is 11.2. The van der Waals surface area contributed by atoms with Crippen molar-refractivity contribution in [3.63, 3.8) is 0 Å². The van der Waals surface area contributed by atoms with Crippen LogP contribution >= 0.6 is 11.6 Å². The molecule has 0 unspecified atom stereocenters. The summed E-state index contributed by atoms with van der Waals surface area (Å²) in [5.41, 5.74) is 3.98. The highest BCUT2D eigenvalue weighted by Gasteiger charge is 2.12. The Morgan fingerprint density at radius 2 is 1.80 bits per heavy atom. The smallest absolute Gasteiger partial charge is 0.339 e. The Bertz CT molecular complexity index is 1000. The molecule has 0 aliphatic rings. The molecular formula is C24H24ClNO4. The molecule has 6 heteroatoms. The van der Waals surface area contributed by atoms with Crippen molar-refractivity contribution >= 4 is 17.6 Å². The third-order valence-corrected chi connectivity index (χ3v) is 5.12. The van der Waals surface area contributed by atoms with E-state index in [0.29, 0.717) is 17.3 Å². The molecule has 0 aliphatic heterocycles. The highest BCUT2D eigenvalue weighted by Crippen LogP contribution is 2.27. The van der Waals surface area contributed by atoms with Gasteiger partial charge in [0.25, 0.3) is 0 Å². The maximum Gasteiger partial charge on any atom is 0.339 e. The number of benzene rings is 3. The number of hydrogen-bond donors (Lipinski definition) is 3. The van der Waals surface area contributed by atoms with E-state index >= 15 is 0 Å². The predicted octanol–water partition coefficient (Wildman–Crippen LogP) is 4.58. The molecule has 3 aromatic rings. The number of carboxylic acid groups (broad SMARTS) is 1. The van der Waals surface area contributed by atoms with Crippen molar-refractivity contribution in [2.24, 2.45) is 0 Å². The van der Waals surface area contributed by atoms with Gasteiger partial charge in [0.1, 0.15) is 11.3 Å². The number of aromatic carboxylic acids is 1. The van der Waals surface area contributed by atoms with E-state index in [-0.39, 0.29) is 5.56 Å². The van der Waals surface area contributed by atoms with Gasteiger partial charge in [-0.2, -0.15) is 0 Å². The van der Waals surface area contributed by atoms with Crippen LogP contribution in [-0.2, 0) is 6.42 Å². The zero-order valence-corrected chi connectivity index (χ0v) is 17.4. The van der Waals surface area contributed by atoms with Crippen LogP contribution in [0.5, 0.6) is 5.75 Å². The average Bonchev–Trinajstić information content (AvgIpc) is 2.76. The quantitative estimate of drug-likeness (QED) is 0.437. The van der Waals surface area contributed by atoms with Crippen molar-refractivity contribution in [2.45, 2.75) is 12.5 Å². The molecule has 5 nitrogen and oxygen atoms in total.